The van der Waals surface area contributed by atoms with Gasteiger partial charge in [0.25, 0.3) is 5.91 Å². The van der Waals surface area contributed by atoms with E-state index in [1.807, 2.05) is 18.2 Å². The quantitative estimate of drug-likeness (QED) is 0.377. The van der Waals surface area contributed by atoms with Crippen LogP contribution in [-0.2, 0) is 22.6 Å². The molecule has 4 atom stereocenters. The lowest BCUT2D eigenvalue weighted by atomic mass is 9.60. The van der Waals surface area contributed by atoms with Crippen LogP contribution in [0.3, 0.4) is 0 Å². The molecule has 2 aromatic rings. The molecule has 9 heteroatoms. The number of phenolic OH excluding ortho intramolecular Hbond substituents is 1. The minimum atomic E-state index is -1.19. The Balaban J connectivity index is 1.61. The van der Waals surface area contributed by atoms with E-state index in [1.54, 1.807) is 19.0 Å². The fourth-order valence-electron chi connectivity index (χ4n) is 7.15. The van der Waals surface area contributed by atoms with Gasteiger partial charge in [0, 0.05) is 12.1 Å². The van der Waals surface area contributed by atoms with Gasteiger partial charge in [-0.15, -0.1) is 0 Å². The van der Waals surface area contributed by atoms with E-state index in [-0.39, 0.29) is 16.9 Å². The molecule has 0 aliphatic heterocycles. The predicted octanol–water partition coefficient (Wildman–Crippen LogP) is 3.51. The number of aliphatic hydroxyl groups excluding tert-OH is 2. The summed E-state index contributed by atoms with van der Waals surface area (Å²) in [5.74, 6) is -5.63. The molecule has 0 saturated heterocycles. The summed E-state index contributed by atoms with van der Waals surface area (Å²) < 4.78 is 0. The number of nitrogens with two attached hydrogens (primary N) is 1. The average molecular weight is 560 g/mol. The summed E-state index contributed by atoms with van der Waals surface area (Å²) >= 11 is 0. The zero-order valence-electron chi connectivity index (χ0n) is 23.8. The smallest absolute Gasteiger partial charge is 0.255 e. The standard InChI is InChI=1S/C32H37N3O6/c1-5-11-35(4)15-16-7-6-8-17(12-16)19-9-10-22(36)24-20(19)13-18-14-21-25(29(38)23(18)28(24)37)30(39)26(32(33)41)31(40)27(21)34(2)3/h6-10,12,18,21,25,27,36,38,40H,5,11,13-15H2,1-4H3,(H2,33,41)/t18?,21?,25?,27-/m0/s1. The molecule has 216 valence electrons. The largest absolute Gasteiger partial charge is 0.511 e. The summed E-state index contributed by atoms with van der Waals surface area (Å²) in [5, 5.41) is 33.3. The van der Waals surface area contributed by atoms with E-state index in [2.05, 4.69) is 31.0 Å². The van der Waals surface area contributed by atoms with Crippen LogP contribution in [0.1, 0.15) is 41.3 Å². The SMILES string of the molecule is CCCN(C)Cc1cccc(-c2ccc(O)c3c2CC2CC4C(C(=O)C(C(N)=O)=C(O)[C@H]4N(C)C)C(O)=C2C3=O)c1. The highest BCUT2D eigenvalue weighted by atomic mass is 16.3. The minimum Gasteiger partial charge on any atom is -0.511 e. The van der Waals surface area contributed by atoms with Crippen LogP contribution in [0.2, 0.25) is 0 Å². The summed E-state index contributed by atoms with van der Waals surface area (Å²) in [5.41, 5.74) is 8.67. The lowest BCUT2D eigenvalue weighted by Gasteiger charge is -2.46. The molecular weight excluding hydrogens is 522 g/mol. The number of aromatic hydroxyl groups is 1. The Morgan fingerprint density at radius 1 is 1.05 bits per heavy atom. The van der Waals surface area contributed by atoms with Gasteiger partial charge in [-0.1, -0.05) is 31.2 Å². The number of nitrogens with zero attached hydrogens (tertiary/aromatic N) is 2. The predicted molar refractivity (Wildman–Crippen MR) is 154 cm³/mol. The molecule has 0 saturated carbocycles. The number of Topliss-reactive ketones (excluding diaryl/α,β-unsaturated/α-hetero) is 2. The van der Waals surface area contributed by atoms with E-state index in [4.69, 9.17) is 5.73 Å². The Bertz CT molecular complexity index is 1510. The number of benzene rings is 2. The first kappa shape index (κ1) is 28.6. The molecule has 3 aliphatic carbocycles. The summed E-state index contributed by atoms with van der Waals surface area (Å²) in [6.45, 7) is 3.88. The van der Waals surface area contributed by atoms with Crippen LogP contribution in [0, 0.1) is 17.8 Å². The molecule has 9 nitrogen and oxygen atoms in total. The van der Waals surface area contributed by atoms with Crippen LogP contribution in [0.25, 0.3) is 11.1 Å². The van der Waals surface area contributed by atoms with Crippen molar-refractivity contribution >= 4 is 17.5 Å². The molecule has 0 fully saturated rings. The average Bonchev–Trinajstić information content (AvgIpc) is 2.88. The van der Waals surface area contributed by atoms with Gasteiger partial charge in [-0.3, -0.25) is 19.3 Å². The van der Waals surface area contributed by atoms with Crippen LogP contribution in [0.15, 0.2) is 59.1 Å². The van der Waals surface area contributed by atoms with Crippen molar-refractivity contribution in [1.29, 1.82) is 0 Å². The molecule has 0 aromatic heterocycles. The monoisotopic (exact) mass is 559 g/mol. The molecular formula is C32H37N3O6. The molecule has 0 heterocycles. The molecule has 0 bridgehead atoms. The van der Waals surface area contributed by atoms with Crippen LogP contribution < -0.4 is 5.73 Å². The molecule has 2 aromatic carbocycles. The first-order valence-corrected chi connectivity index (χ1v) is 14.0. The van der Waals surface area contributed by atoms with Crippen molar-refractivity contribution in [3.8, 4) is 16.9 Å². The number of likely N-dealkylation sites (N-methyl/N-ethyl adjacent to an activating group) is 1. The Hall–Kier alpha value is -3.95. The maximum absolute atomic E-state index is 14.0. The number of fused-ring (bicyclic) bond motifs is 3. The molecule has 41 heavy (non-hydrogen) atoms. The van der Waals surface area contributed by atoms with Crippen molar-refractivity contribution in [1.82, 2.24) is 9.80 Å². The van der Waals surface area contributed by atoms with Gasteiger partial charge in [0.1, 0.15) is 22.8 Å². The summed E-state index contributed by atoms with van der Waals surface area (Å²) in [6.07, 6.45) is 1.72. The van der Waals surface area contributed by atoms with Crippen LogP contribution >= 0.6 is 0 Å². The molecule has 0 radical (unpaired) electrons. The summed E-state index contributed by atoms with van der Waals surface area (Å²) in [4.78, 5) is 43.4. The number of aliphatic hydroxyl groups is 2. The molecule has 3 aliphatic rings. The van der Waals surface area contributed by atoms with Gasteiger partial charge < -0.3 is 26.0 Å². The first-order chi connectivity index (χ1) is 19.5. The number of primary amides is 1. The zero-order valence-corrected chi connectivity index (χ0v) is 23.8. The van der Waals surface area contributed by atoms with Gasteiger partial charge in [-0.25, -0.2) is 0 Å². The van der Waals surface area contributed by atoms with Crippen molar-refractivity contribution < 1.29 is 29.7 Å². The van der Waals surface area contributed by atoms with Crippen LogP contribution in [0.4, 0.5) is 0 Å². The van der Waals surface area contributed by atoms with E-state index >= 15 is 0 Å². The van der Waals surface area contributed by atoms with Gasteiger partial charge in [-0.2, -0.15) is 0 Å². The van der Waals surface area contributed by atoms with Crippen LogP contribution in [0.5, 0.6) is 5.75 Å². The second kappa shape index (κ2) is 10.8. The topological polar surface area (TPSA) is 144 Å². The number of hydrogen-bond acceptors (Lipinski definition) is 8. The molecule has 1 amide bonds. The van der Waals surface area contributed by atoms with E-state index in [0.29, 0.717) is 18.4 Å². The third-order valence-corrected chi connectivity index (χ3v) is 8.75. The molecule has 5 rings (SSSR count). The van der Waals surface area contributed by atoms with Crippen molar-refractivity contribution in [2.75, 3.05) is 27.7 Å². The molecule has 0 spiro atoms. The number of carbonyl (C=O) groups excluding carboxylic acids is 3. The second-order valence-electron chi connectivity index (χ2n) is 11.7. The Morgan fingerprint density at radius 3 is 2.44 bits per heavy atom. The number of carbonyl (C=O) groups is 3. The molecule has 3 unspecified atom stereocenters. The third-order valence-electron chi connectivity index (χ3n) is 8.75. The molecule has 5 N–H and O–H groups in total. The minimum absolute atomic E-state index is 0.0807. The lowest BCUT2D eigenvalue weighted by molar-refractivity contribution is -0.127. The highest BCUT2D eigenvalue weighted by Crippen LogP contribution is 2.51. The zero-order chi connectivity index (χ0) is 29.7. The maximum atomic E-state index is 14.0. The van der Waals surface area contributed by atoms with Crippen molar-refractivity contribution in [3.63, 3.8) is 0 Å². The van der Waals surface area contributed by atoms with Crippen molar-refractivity contribution in [2.45, 2.75) is 38.8 Å². The van der Waals surface area contributed by atoms with Gasteiger partial charge in [0.15, 0.2) is 11.6 Å². The van der Waals surface area contributed by atoms with E-state index < -0.39 is 58.4 Å². The highest BCUT2D eigenvalue weighted by Gasteiger charge is 2.54. The van der Waals surface area contributed by atoms with Gasteiger partial charge in [-0.05, 0) is 93.2 Å². The number of allylic oxidation sites excluding steroid dienone is 2. The Kier molecular flexibility index (Phi) is 7.52. The third kappa shape index (κ3) is 4.73. The lowest BCUT2D eigenvalue weighted by Crippen LogP contribution is -2.53. The fraction of sp³-hybridized carbons (Fsp3) is 0.406. The van der Waals surface area contributed by atoms with Gasteiger partial charge >= 0.3 is 0 Å². The number of hydrogen-bond donors (Lipinski definition) is 4. The van der Waals surface area contributed by atoms with Gasteiger partial charge in [0.2, 0.25) is 0 Å². The van der Waals surface area contributed by atoms with E-state index in [0.717, 1.165) is 36.2 Å². The highest BCUT2D eigenvalue weighted by molar-refractivity contribution is 6.22. The number of phenols is 1. The summed E-state index contributed by atoms with van der Waals surface area (Å²) in [6, 6.07) is 10.7. The number of amides is 1. The Labute approximate surface area is 239 Å². The number of rotatable bonds is 7. The summed E-state index contributed by atoms with van der Waals surface area (Å²) in [7, 11) is 5.50. The van der Waals surface area contributed by atoms with Crippen LogP contribution in [-0.4, -0.2) is 76.3 Å². The first-order valence-electron chi connectivity index (χ1n) is 14.0. The fourth-order valence-corrected chi connectivity index (χ4v) is 7.15. The van der Waals surface area contributed by atoms with E-state index in [9.17, 15) is 29.7 Å². The van der Waals surface area contributed by atoms with E-state index in [1.165, 1.54) is 6.07 Å². The normalized spacial score (nSPS) is 24.0. The van der Waals surface area contributed by atoms with Crippen molar-refractivity contribution in [3.05, 3.63) is 75.8 Å². The number of ketones is 2. The Morgan fingerprint density at radius 2 is 1.78 bits per heavy atom. The van der Waals surface area contributed by atoms with Gasteiger partial charge in [0.05, 0.1) is 17.5 Å². The second-order valence-corrected chi connectivity index (χ2v) is 11.7. The van der Waals surface area contributed by atoms with Crippen molar-refractivity contribution in [2.24, 2.45) is 23.5 Å². The maximum Gasteiger partial charge on any atom is 0.255 e.